The third-order valence-electron chi connectivity index (χ3n) is 10.7. The fourth-order valence-corrected chi connectivity index (χ4v) is 24.0. The number of aliphatic hydroxyl groups is 3. The zero-order valence-electron chi connectivity index (χ0n) is 36.4. The van der Waals surface area contributed by atoms with Crippen molar-refractivity contribution in [2.45, 2.75) is 139 Å². The van der Waals surface area contributed by atoms with Crippen molar-refractivity contribution in [3.05, 3.63) is 46.5 Å². The number of thiophene rings is 4. The normalized spacial score (nSPS) is 26.6. The van der Waals surface area contributed by atoms with Crippen LogP contribution in [0.3, 0.4) is 0 Å². The number of sulfonamides is 4. The summed E-state index contributed by atoms with van der Waals surface area (Å²) in [5, 5.41) is 50.0. The van der Waals surface area contributed by atoms with Gasteiger partial charge in [-0.3, -0.25) is 4.79 Å². The first kappa shape index (κ1) is 57.9. The molecule has 388 valence electrons. The fraction of sp³-hybridized carbons (Fsp3) is 0.500. The summed E-state index contributed by atoms with van der Waals surface area (Å²) in [7, 11) is -26.2. The zero-order valence-corrected chi connectivity index (χ0v) is 46.2. The number of hydrogen-bond donors (Lipinski definition) is 8. The Balaban J connectivity index is 0.000000172. The van der Waals surface area contributed by atoms with Gasteiger partial charge in [0.1, 0.15) is 29.5 Å². The molecule has 35 heteroatoms. The van der Waals surface area contributed by atoms with Crippen molar-refractivity contribution in [1.82, 2.24) is 5.32 Å². The van der Waals surface area contributed by atoms with E-state index in [1.807, 2.05) is 6.92 Å². The Kier molecular flexibility index (Phi) is 17.1. The van der Waals surface area contributed by atoms with Gasteiger partial charge in [-0.05, 0) is 70.7 Å². The van der Waals surface area contributed by atoms with E-state index in [-0.39, 0.29) is 65.8 Å². The number of hydrogen-bond acceptors (Lipinski definition) is 23. The molecule has 0 fully saturated rings. The summed E-state index contributed by atoms with van der Waals surface area (Å²) in [4.78, 5) is 11.2. The Hall–Kier alpha value is -2.01. The first-order chi connectivity index (χ1) is 31.2. The standard InChI is InChI=1S/C10H14N2O5S3.2C8H11NO5S3.C8H11NO3S3/c1-5-3-8(12-6(2)13)7-4-9(20(11,16)17)18-10(7)19(5,14)15;2*1-4-2-6(10)5-3-7(17(9,13)14)15-8(5)16(4,11)12;1-4-2-6(10)5-3-7(15(9,11)12)14-8(5)13-4/h4-5,8H,3H2,1-2H3,(H,12,13)(H2,11,16,17);2*3-4,6,10H,2H2,1H3,(H2,9,13,14);3-4,6,10H,2H2,1H3,(H2,9,11,12). The third kappa shape index (κ3) is 12.7. The lowest BCUT2D eigenvalue weighted by molar-refractivity contribution is -0.119. The van der Waals surface area contributed by atoms with Gasteiger partial charge in [-0.25, -0.2) is 79.5 Å². The molecule has 23 nitrogen and oxygen atoms in total. The maximum atomic E-state index is 12.2. The highest BCUT2D eigenvalue weighted by atomic mass is 32.3. The topological polar surface area (TPSA) is 433 Å². The summed E-state index contributed by atoms with van der Waals surface area (Å²) in [6.45, 7) is 7.83. The lowest BCUT2D eigenvalue weighted by Gasteiger charge is -2.27. The van der Waals surface area contributed by atoms with E-state index in [0.29, 0.717) is 56.8 Å². The summed E-state index contributed by atoms with van der Waals surface area (Å²) >= 11 is 4.55. The van der Waals surface area contributed by atoms with Crippen molar-refractivity contribution in [2.75, 3.05) is 0 Å². The van der Waals surface area contributed by atoms with Crippen molar-refractivity contribution in [2.24, 2.45) is 20.6 Å². The summed E-state index contributed by atoms with van der Waals surface area (Å²) in [5.41, 5.74) is 1.27. The molecule has 0 saturated heterocycles. The zero-order chi connectivity index (χ0) is 52.5. The molecule has 1 amide bonds. The molecule has 4 aromatic heterocycles. The number of amides is 1. The number of fused-ring (bicyclic) bond motifs is 4. The molecule has 8 heterocycles. The first-order valence-electron chi connectivity index (χ1n) is 19.5. The van der Waals surface area contributed by atoms with Crippen LogP contribution in [0.15, 0.2) is 57.9 Å². The second-order valence-corrected chi connectivity index (χ2v) is 36.9. The summed E-state index contributed by atoms with van der Waals surface area (Å²) in [6.07, 6.45) is -1.51. The molecular formula is C34H47N5O18S12. The SMILES string of the molecule is CC(=O)NC1CC(C)S(=O)(=O)c2sc(S(N)(=O)=O)cc21.CC1CC(O)c2cc(S(N)(=O)=O)sc2S1.CC1CC(O)c2cc(S(N)(=O)=O)sc2S1(=O)=O.CC1CC(O)c2cc(S(N)(=O)=O)sc2S1(=O)=O. The molecule has 0 aliphatic carbocycles. The molecule has 8 atom stereocenters. The van der Waals surface area contributed by atoms with Crippen LogP contribution in [-0.4, -0.2) is 101 Å². The quantitative estimate of drug-likeness (QED) is 0.140. The molecule has 8 unspecified atom stereocenters. The second kappa shape index (κ2) is 20.4. The van der Waals surface area contributed by atoms with E-state index in [0.717, 1.165) is 27.7 Å². The van der Waals surface area contributed by atoms with Gasteiger partial charge < -0.3 is 20.6 Å². The van der Waals surface area contributed by atoms with Crippen molar-refractivity contribution in [1.29, 1.82) is 0 Å². The van der Waals surface area contributed by atoms with Gasteiger partial charge in [0, 0.05) is 34.4 Å². The number of carbonyl (C=O) groups is 1. The van der Waals surface area contributed by atoms with E-state index >= 15 is 0 Å². The summed E-state index contributed by atoms with van der Waals surface area (Å²) < 4.78 is 162. The highest BCUT2D eigenvalue weighted by molar-refractivity contribution is 8.02. The number of rotatable bonds is 5. The predicted octanol–water partition coefficient (Wildman–Crippen LogP) is 1.44. The predicted molar refractivity (Wildman–Crippen MR) is 258 cm³/mol. The van der Waals surface area contributed by atoms with Gasteiger partial charge in [0.05, 0.1) is 44.3 Å². The van der Waals surface area contributed by atoms with Gasteiger partial charge in [0.2, 0.25) is 46.0 Å². The van der Waals surface area contributed by atoms with Crippen molar-refractivity contribution in [3.8, 4) is 0 Å². The molecule has 0 saturated carbocycles. The van der Waals surface area contributed by atoms with Crippen LogP contribution >= 0.6 is 57.1 Å². The number of nitrogens with two attached hydrogens (primary N) is 4. The van der Waals surface area contributed by atoms with Crippen LogP contribution in [0.4, 0.5) is 0 Å². The van der Waals surface area contributed by atoms with Gasteiger partial charge in [0.15, 0.2) is 29.5 Å². The Bertz CT molecular complexity index is 3350. The van der Waals surface area contributed by atoms with Gasteiger partial charge >= 0.3 is 0 Å². The summed E-state index contributed by atoms with van der Waals surface area (Å²) in [6, 6.07) is 4.48. The van der Waals surface area contributed by atoms with Gasteiger partial charge in [-0.15, -0.1) is 57.1 Å². The average molecular weight is 1200 g/mol. The minimum absolute atomic E-state index is 0.0287. The van der Waals surface area contributed by atoms with Crippen LogP contribution in [0.25, 0.3) is 0 Å². The van der Waals surface area contributed by atoms with E-state index in [9.17, 15) is 79.0 Å². The van der Waals surface area contributed by atoms with E-state index < -0.39 is 110 Å². The lowest BCUT2D eigenvalue weighted by atomic mass is 10.1. The second-order valence-electron chi connectivity index (χ2n) is 16.2. The minimum Gasteiger partial charge on any atom is -0.388 e. The number of sulfone groups is 3. The molecule has 4 aromatic rings. The first-order valence-corrected chi connectivity index (χ1v) is 34.5. The molecule has 69 heavy (non-hydrogen) atoms. The van der Waals surface area contributed by atoms with Crippen LogP contribution in [0.1, 0.15) is 107 Å². The Labute approximate surface area is 419 Å². The number of primary sulfonamides is 4. The van der Waals surface area contributed by atoms with Crippen LogP contribution in [0.5, 0.6) is 0 Å². The third-order valence-corrected chi connectivity index (χ3v) is 30.6. The smallest absolute Gasteiger partial charge is 0.247 e. The summed E-state index contributed by atoms with van der Waals surface area (Å²) in [5.74, 6) is -0.309. The number of carbonyl (C=O) groups excluding carboxylic acids is 1. The van der Waals surface area contributed by atoms with Gasteiger partial charge in [-0.1, -0.05) is 6.92 Å². The molecular weight excluding hydrogens is 1150 g/mol. The highest BCUT2D eigenvalue weighted by Gasteiger charge is 2.42. The molecule has 8 rings (SSSR count). The Morgan fingerprint density at radius 1 is 0.522 bits per heavy atom. The molecule has 4 aliphatic rings. The molecule has 4 aliphatic heterocycles. The van der Waals surface area contributed by atoms with Crippen LogP contribution in [0.2, 0.25) is 0 Å². The Morgan fingerprint density at radius 3 is 1.19 bits per heavy atom. The Morgan fingerprint density at radius 2 is 0.826 bits per heavy atom. The largest absolute Gasteiger partial charge is 0.388 e. The van der Waals surface area contributed by atoms with E-state index in [1.165, 1.54) is 39.8 Å². The van der Waals surface area contributed by atoms with Crippen molar-refractivity contribution in [3.63, 3.8) is 0 Å². The molecule has 0 radical (unpaired) electrons. The maximum absolute atomic E-state index is 12.2. The van der Waals surface area contributed by atoms with E-state index in [2.05, 4.69) is 5.32 Å². The fourth-order valence-electron chi connectivity index (χ4n) is 7.05. The number of aliphatic hydroxyl groups excluding tert-OH is 3. The van der Waals surface area contributed by atoms with Crippen molar-refractivity contribution >= 4 is 133 Å². The van der Waals surface area contributed by atoms with Gasteiger partial charge in [0.25, 0.3) is 0 Å². The van der Waals surface area contributed by atoms with Gasteiger partial charge in [-0.2, -0.15) is 0 Å². The average Bonchev–Trinajstić information content (AvgIpc) is 4.00. The number of thioether (sulfide) groups is 1. The monoisotopic (exact) mass is 1200 g/mol. The van der Waals surface area contributed by atoms with E-state index in [1.54, 1.807) is 11.8 Å². The van der Waals surface area contributed by atoms with Crippen LogP contribution < -0.4 is 25.9 Å². The molecule has 0 spiro atoms. The number of nitrogens with one attached hydrogen (secondary N) is 1. The minimum atomic E-state index is -3.98. The van der Waals surface area contributed by atoms with Crippen molar-refractivity contribution < 1.29 is 79.0 Å². The van der Waals surface area contributed by atoms with Crippen LogP contribution in [0, 0.1) is 0 Å². The molecule has 0 bridgehead atoms. The maximum Gasteiger partial charge on any atom is 0.247 e. The lowest BCUT2D eigenvalue weighted by Crippen LogP contribution is -2.35. The molecule has 12 N–H and O–H groups in total. The highest BCUT2D eigenvalue weighted by Crippen LogP contribution is 2.47. The molecule has 0 aromatic carbocycles. The van der Waals surface area contributed by atoms with E-state index in [4.69, 9.17) is 20.6 Å². The van der Waals surface area contributed by atoms with Crippen LogP contribution in [-0.2, 0) is 74.4 Å².